The third-order valence-corrected chi connectivity index (χ3v) is 1.09. The summed E-state index contributed by atoms with van der Waals surface area (Å²) in [4.78, 5) is 5.65. The molecule has 0 bridgehead atoms. The van der Waals surface area contributed by atoms with Gasteiger partial charge in [0.05, 0.1) is 0 Å². The van der Waals surface area contributed by atoms with Gasteiger partial charge >= 0.3 is 0 Å². The number of aliphatic imine (C=N–C) groups is 1. The van der Waals surface area contributed by atoms with E-state index in [4.69, 9.17) is 5.73 Å². The van der Waals surface area contributed by atoms with Crippen molar-refractivity contribution in [2.24, 2.45) is 10.7 Å². The summed E-state index contributed by atoms with van der Waals surface area (Å²) in [5.74, 6) is 0.590. The molecular formula is C7H19N3. The number of hydrogen-bond acceptors (Lipinski definition) is 1. The zero-order chi connectivity index (χ0) is 8.57. The molecule has 2 N–H and O–H groups in total. The van der Waals surface area contributed by atoms with Gasteiger partial charge in [-0.1, -0.05) is 13.8 Å². The van der Waals surface area contributed by atoms with E-state index in [-0.39, 0.29) is 0 Å². The molecule has 3 heteroatoms. The molecule has 62 valence electrons. The number of rotatable bonds is 1. The zero-order valence-electron chi connectivity index (χ0n) is 7.68. The van der Waals surface area contributed by atoms with Crippen LogP contribution in [0.5, 0.6) is 0 Å². The average Bonchev–Trinajstić information content (AvgIpc) is 2.05. The normalized spacial score (nSPS) is 9.90. The Morgan fingerprint density at radius 3 is 2.00 bits per heavy atom. The quantitative estimate of drug-likeness (QED) is 0.440. The van der Waals surface area contributed by atoms with Crippen molar-refractivity contribution in [3.05, 3.63) is 0 Å². The van der Waals surface area contributed by atoms with Crippen molar-refractivity contribution in [2.75, 3.05) is 20.6 Å². The summed E-state index contributed by atoms with van der Waals surface area (Å²) < 4.78 is 0. The van der Waals surface area contributed by atoms with Crippen LogP contribution in [0.3, 0.4) is 0 Å². The Balaban J connectivity index is 0. The van der Waals surface area contributed by atoms with Gasteiger partial charge < -0.3 is 10.6 Å². The van der Waals surface area contributed by atoms with E-state index in [2.05, 4.69) is 4.99 Å². The molecule has 0 rings (SSSR count). The smallest absolute Gasteiger partial charge is 0.190 e. The Morgan fingerprint density at radius 2 is 1.90 bits per heavy atom. The maximum Gasteiger partial charge on any atom is 0.190 e. The number of hydrogen-bond donors (Lipinski definition) is 1. The van der Waals surface area contributed by atoms with Gasteiger partial charge in [-0.05, 0) is 6.92 Å². The van der Waals surface area contributed by atoms with E-state index in [1.54, 1.807) is 7.05 Å². The summed E-state index contributed by atoms with van der Waals surface area (Å²) in [6.07, 6.45) is 0. The second kappa shape index (κ2) is 8.27. The van der Waals surface area contributed by atoms with Crippen molar-refractivity contribution in [3.8, 4) is 0 Å². The first kappa shape index (κ1) is 12.0. The first-order valence-electron chi connectivity index (χ1n) is 3.65. The molecule has 0 unspecified atom stereocenters. The lowest BCUT2D eigenvalue weighted by atomic mass is 10.6. The van der Waals surface area contributed by atoms with Crippen molar-refractivity contribution in [1.82, 2.24) is 4.90 Å². The fourth-order valence-corrected chi connectivity index (χ4v) is 0.333. The Morgan fingerprint density at radius 1 is 1.50 bits per heavy atom. The second-order valence-electron chi connectivity index (χ2n) is 1.60. The van der Waals surface area contributed by atoms with Gasteiger partial charge in [-0.25, -0.2) is 0 Å². The minimum atomic E-state index is 0.590. The van der Waals surface area contributed by atoms with Gasteiger partial charge in [0.2, 0.25) is 0 Å². The van der Waals surface area contributed by atoms with E-state index in [0.29, 0.717) is 5.96 Å². The minimum Gasteiger partial charge on any atom is -0.370 e. The summed E-state index contributed by atoms with van der Waals surface area (Å²) >= 11 is 0. The van der Waals surface area contributed by atoms with Crippen molar-refractivity contribution < 1.29 is 0 Å². The summed E-state index contributed by atoms with van der Waals surface area (Å²) in [7, 11) is 3.59. The van der Waals surface area contributed by atoms with Gasteiger partial charge in [0.25, 0.3) is 0 Å². The molecule has 0 fully saturated rings. The van der Waals surface area contributed by atoms with E-state index < -0.39 is 0 Å². The first-order chi connectivity index (χ1) is 4.72. The van der Waals surface area contributed by atoms with E-state index in [1.807, 2.05) is 32.7 Å². The fraction of sp³-hybridized carbons (Fsp3) is 0.857. The molecule has 0 aliphatic carbocycles. The van der Waals surface area contributed by atoms with Gasteiger partial charge in [0, 0.05) is 20.6 Å². The third-order valence-electron chi connectivity index (χ3n) is 1.09. The van der Waals surface area contributed by atoms with Gasteiger partial charge in [-0.15, -0.1) is 0 Å². The van der Waals surface area contributed by atoms with Crippen LogP contribution in [0.1, 0.15) is 20.8 Å². The summed E-state index contributed by atoms with van der Waals surface area (Å²) in [6, 6.07) is 0. The fourth-order valence-electron chi connectivity index (χ4n) is 0.333. The van der Waals surface area contributed by atoms with Crippen LogP contribution in [0.25, 0.3) is 0 Å². The van der Waals surface area contributed by atoms with Crippen LogP contribution in [0.15, 0.2) is 4.99 Å². The first-order valence-corrected chi connectivity index (χ1v) is 3.65. The molecule has 0 amide bonds. The lowest BCUT2D eigenvalue weighted by Gasteiger charge is -2.13. The molecule has 0 aromatic heterocycles. The molecule has 3 nitrogen and oxygen atoms in total. The van der Waals surface area contributed by atoms with Crippen molar-refractivity contribution in [3.63, 3.8) is 0 Å². The third kappa shape index (κ3) is 5.41. The predicted molar refractivity (Wildman–Crippen MR) is 47.2 cm³/mol. The number of nitrogens with zero attached hydrogens (tertiary/aromatic N) is 2. The Hall–Kier alpha value is -0.730. The number of guanidine groups is 1. The molecule has 0 aromatic rings. The Labute approximate surface area is 63.9 Å². The molecule has 0 aliphatic rings. The maximum absolute atomic E-state index is 5.40. The minimum absolute atomic E-state index is 0.590. The van der Waals surface area contributed by atoms with Crippen LogP contribution in [-0.2, 0) is 0 Å². The topological polar surface area (TPSA) is 41.6 Å². The van der Waals surface area contributed by atoms with Gasteiger partial charge in [-0.3, -0.25) is 4.99 Å². The van der Waals surface area contributed by atoms with Crippen LogP contribution in [0.2, 0.25) is 0 Å². The maximum atomic E-state index is 5.40. The molecule has 0 aliphatic heterocycles. The SMILES string of the molecule is CC.CCN(C)C(N)=NC. The highest BCUT2D eigenvalue weighted by atomic mass is 15.2. The van der Waals surface area contributed by atoms with Crippen LogP contribution in [0, 0.1) is 0 Å². The standard InChI is InChI=1S/C5H13N3.C2H6/c1-4-8(3)5(6)7-2;1-2/h4H2,1-3H3,(H2,6,7);1-2H3. The van der Waals surface area contributed by atoms with E-state index in [0.717, 1.165) is 6.54 Å². The lowest BCUT2D eigenvalue weighted by molar-refractivity contribution is 0.528. The van der Waals surface area contributed by atoms with Crippen LogP contribution < -0.4 is 5.73 Å². The largest absolute Gasteiger partial charge is 0.370 e. The molecule has 0 atom stereocenters. The molecular weight excluding hydrogens is 126 g/mol. The molecule has 0 radical (unpaired) electrons. The molecule has 10 heavy (non-hydrogen) atoms. The Kier molecular flexibility index (Phi) is 9.92. The van der Waals surface area contributed by atoms with Crippen molar-refractivity contribution in [2.45, 2.75) is 20.8 Å². The highest BCUT2D eigenvalue weighted by Crippen LogP contribution is 1.76. The van der Waals surface area contributed by atoms with Gasteiger partial charge in [0.15, 0.2) is 5.96 Å². The molecule has 0 saturated carbocycles. The molecule has 0 aromatic carbocycles. The van der Waals surface area contributed by atoms with Crippen LogP contribution in [0.4, 0.5) is 0 Å². The second-order valence-corrected chi connectivity index (χ2v) is 1.60. The summed E-state index contributed by atoms with van der Waals surface area (Å²) in [5.41, 5.74) is 5.40. The van der Waals surface area contributed by atoms with Crippen LogP contribution in [-0.4, -0.2) is 31.5 Å². The molecule has 0 saturated heterocycles. The Bertz CT molecular complexity index is 88.9. The monoisotopic (exact) mass is 145 g/mol. The molecule has 0 spiro atoms. The summed E-state index contributed by atoms with van der Waals surface area (Å²) in [6.45, 7) is 6.93. The van der Waals surface area contributed by atoms with E-state index in [1.165, 1.54) is 0 Å². The lowest BCUT2D eigenvalue weighted by Crippen LogP contribution is -2.33. The predicted octanol–water partition coefficient (Wildman–Crippen LogP) is 0.909. The van der Waals surface area contributed by atoms with E-state index >= 15 is 0 Å². The van der Waals surface area contributed by atoms with Gasteiger partial charge in [0.1, 0.15) is 0 Å². The highest BCUT2D eigenvalue weighted by molar-refractivity contribution is 5.77. The van der Waals surface area contributed by atoms with Crippen LogP contribution >= 0.6 is 0 Å². The van der Waals surface area contributed by atoms with E-state index in [9.17, 15) is 0 Å². The average molecular weight is 145 g/mol. The highest BCUT2D eigenvalue weighted by Gasteiger charge is 1.92. The molecule has 0 heterocycles. The number of nitrogens with two attached hydrogens (primary N) is 1. The van der Waals surface area contributed by atoms with Crippen molar-refractivity contribution >= 4 is 5.96 Å². The van der Waals surface area contributed by atoms with Crippen molar-refractivity contribution in [1.29, 1.82) is 0 Å². The summed E-state index contributed by atoms with van der Waals surface area (Å²) in [5, 5.41) is 0. The zero-order valence-corrected chi connectivity index (χ0v) is 7.68. The van der Waals surface area contributed by atoms with Gasteiger partial charge in [-0.2, -0.15) is 0 Å².